The first-order valence-electron chi connectivity index (χ1n) is 6.79. The molecule has 3 nitrogen and oxygen atoms in total. The van der Waals surface area contributed by atoms with Crippen molar-refractivity contribution >= 4 is 5.91 Å². The first kappa shape index (κ1) is 15.7. The third-order valence-corrected chi connectivity index (χ3v) is 3.16. The van der Waals surface area contributed by atoms with Crippen LogP contribution in [0.15, 0.2) is 24.3 Å². The Hall–Kier alpha value is -1.35. The molecule has 0 aliphatic heterocycles. The Bertz CT molecular complexity index is 415. The Kier molecular flexibility index (Phi) is 5.12. The Morgan fingerprint density at radius 1 is 1.26 bits per heavy atom. The summed E-state index contributed by atoms with van der Waals surface area (Å²) in [6, 6.07) is 8.38. The maximum Gasteiger partial charge on any atom is 0.224 e. The zero-order valence-corrected chi connectivity index (χ0v) is 12.7. The summed E-state index contributed by atoms with van der Waals surface area (Å²) in [6.07, 6.45) is 0.399. The summed E-state index contributed by atoms with van der Waals surface area (Å²) in [5.41, 5.74) is 8.26. The molecule has 3 heteroatoms. The lowest BCUT2D eigenvalue weighted by atomic mass is 9.87. The molecule has 0 heterocycles. The molecule has 0 aliphatic carbocycles. The SMILES string of the molecule is CC(N)CC(=O)N(C)Cc1ccc(C(C)(C)C)cc1. The van der Waals surface area contributed by atoms with Crippen LogP contribution in [0.4, 0.5) is 0 Å². The van der Waals surface area contributed by atoms with Crippen molar-refractivity contribution in [1.29, 1.82) is 0 Å². The first-order chi connectivity index (χ1) is 8.70. The number of carbonyl (C=O) groups excluding carboxylic acids is 1. The Labute approximate surface area is 116 Å². The summed E-state index contributed by atoms with van der Waals surface area (Å²) < 4.78 is 0. The van der Waals surface area contributed by atoms with E-state index in [0.717, 1.165) is 5.56 Å². The van der Waals surface area contributed by atoms with Crippen molar-refractivity contribution in [3.63, 3.8) is 0 Å². The maximum absolute atomic E-state index is 11.8. The van der Waals surface area contributed by atoms with Gasteiger partial charge in [0, 0.05) is 26.1 Å². The van der Waals surface area contributed by atoms with Gasteiger partial charge in [-0.05, 0) is 23.5 Å². The van der Waals surface area contributed by atoms with E-state index < -0.39 is 0 Å². The van der Waals surface area contributed by atoms with E-state index >= 15 is 0 Å². The summed E-state index contributed by atoms with van der Waals surface area (Å²) in [5.74, 6) is 0.0925. The minimum Gasteiger partial charge on any atom is -0.341 e. The van der Waals surface area contributed by atoms with Gasteiger partial charge in [0.1, 0.15) is 0 Å². The molecule has 0 aliphatic rings. The van der Waals surface area contributed by atoms with Gasteiger partial charge in [0.2, 0.25) is 5.91 Å². The number of amides is 1. The van der Waals surface area contributed by atoms with Crippen LogP contribution in [0.3, 0.4) is 0 Å². The van der Waals surface area contributed by atoms with Gasteiger partial charge in [-0.15, -0.1) is 0 Å². The van der Waals surface area contributed by atoms with E-state index in [1.807, 2.05) is 14.0 Å². The molecule has 1 unspecified atom stereocenters. The maximum atomic E-state index is 11.8. The van der Waals surface area contributed by atoms with Gasteiger partial charge in [-0.1, -0.05) is 45.0 Å². The molecular weight excluding hydrogens is 236 g/mol. The van der Waals surface area contributed by atoms with Crippen LogP contribution in [0, 0.1) is 0 Å². The molecule has 0 saturated heterocycles. The van der Waals surface area contributed by atoms with E-state index in [4.69, 9.17) is 5.73 Å². The quantitative estimate of drug-likeness (QED) is 0.907. The number of nitrogens with two attached hydrogens (primary N) is 1. The number of benzene rings is 1. The lowest BCUT2D eigenvalue weighted by molar-refractivity contribution is -0.130. The second-order valence-electron chi connectivity index (χ2n) is 6.38. The van der Waals surface area contributed by atoms with E-state index in [1.165, 1.54) is 5.56 Å². The van der Waals surface area contributed by atoms with Crippen molar-refractivity contribution in [2.75, 3.05) is 7.05 Å². The van der Waals surface area contributed by atoms with Crippen molar-refractivity contribution < 1.29 is 4.79 Å². The number of carbonyl (C=O) groups is 1. The van der Waals surface area contributed by atoms with Crippen molar-refractivity contribution in [3.05, 3.63) is 35.4 Å². The number of nitrogens with zero attached hydrogens (tertiary/aromatic N) is 1. The van der Waals surface area contributed by atoms with Gasteiger partial charge < -0.3 is 10.6 Å². The van der Waals surface area contributed by atoms with Crippen LogP contribution in [0.1, 0.15) is 45.2 Å². The van der Waals surface area contributed by atoms with Crippen molar-refractivity contribution in [1.82, 2.24) is 4.90 Å². The standard InChI is InChI=1S/C16H26N2O/c1-12(17)10-15(19)18(5)11-13-6-8-14(9-7-13)16(2,3)4/h6-9,12H,10-11,17H2,1-5H3. The van der Waals surface area contributed by atoms with Gasteiger partial charge in [0.25, 0.3) is 0 Å². The highest BCUT2D eigenvalue weighted by atomic mass is 16.2. The zero-order valence-electron chi connectivity index (χ0n) is 12.7. The minimum atomic E-state index is -0.0850. The van der Waals surface area contributed by atoms with E-state index in [-0.39, 0.29) is 17.4 Å². The van der Waals surface area contributed by atoms with Gasteiger partial charge in [-0.25, -0.2) is 0 Å². The predicted octanol–water partition coefficient (Wildman–Crippen LogP) is 2.68. The van der Waals surface area contributed by atoms with Gasteiger partial charge in [-0.3, -0.25) is 4.79 Å². The second-order valence-corrected chi connectivity index (χ2v) is 6.38. The van der Waals surface area contributed by atoms with Crippen LogP contribution in [0.5, 0.6) is 0 Å². The molecule has 0 saturated carbocycles. The highest BCUT2D eigenvalue weighted by Crippen LogP contribution is 2.22. The molecular formula is C16H26N2O. The number of hydrogen-bond acceptors (Lipinski definition) is 2. The molecule has 2 N–H and O–H groups in total. The van der Waals surface area contributed by atoms with Crippen molar-refractivity contribution in [3.8, 4) is 0 Å². The number of rotatable bonds is 4. The molecule has 0 fully saturated rings. The van der Waals surface area contributed by atoms with Crippen molar-refractivity contribution in [2.45, 2.75) is 52.1 Å². The average Bonchev–Trinajstić information content (AvgIpc) is 2.27. The second kappa shape index (κ2) is 6.20. The molecule has 1 rings (SSSR count). The highest BCUT2D eigenvalue weighted by molar-refractivity contribution is 5.76. The fraction of sp³-hybridized carbons (Fsp3) is 0.562. The van der Waals surface area contributed by atoms with Crippen LogP contribution < -0.4 is 5.73 Å². The molecule has 0 aromatic heterocycles. The fourth-order valence-electron chi connectivity index (χ4n) is 1.90. The molecule has 0 radical (unpaired) electrons. The molecule has 1 atom stereocenters. The van der Waals surface area contributed by atoms with E-state index in [2.05, 4.69) is 45.0 Å². The van der Waals surface area contributed by atoms with Crippen LogP contribution in [-0.4, -0.2) is 23.9 Å². The first-order valence-corrected chi connectivity index (χ1v) is 6.79. The molecule has 19 heavy (non-hydrogen) atoms. The summed E-state index contributed by atoms with van der Waals surface area (Å²) in [7, 11) is 1.82. The van der Waals surface area contributed by atoms with Crippen LogP contribution in [0.2, 0.25) is 0 Å². The average molecular weight is 262 g/mol. The normalized spacial score (nSPS) is 13.2. The van der Waals surface area contributed by atoms with Gasteiger partial charge >= 0.3 is 0 Å². The third kappa shape index (κ3) is 5.03. The zero-order chi connectivity index (χ0) is 14.6. The minimum absolute atomic E-state index is 0.0850. The molecule has 0 spiro atoms. The summed E-state index contributed by atoms with van der Waals surface area (Å²) in [4.78, 5) is 13.6. The summed E-state index contributed by atoms with van der Waals surface area (Å²) in [5, 5.41) is 0. The topological polar surface area (TPSA) is 46.3 Å². The molecule has 1 aromatic carbocycles. The van der Waals surface area contributed by atoms with E-state index in [9.17, 15) is 4.79 Å². The Morgan fingerprint density at radius 3 is 2.21 bits per heavy atom. The van der Waals surface area contributed by atoms with Gasteiger partial charge in [0.05, 0.1) is 0 Å². The number of hydrogen-bond donors (Lipinski definition) is 1. The molecule has 0 bridgehead atoms. The Balaban J connectivity index is 2.65. The summed E-state index contributed by atoms with van der Waals surface area (Å²) >= 11 is 0. The van der Waals surface area contributed by atoms with Crippen molar-refractivity contribution in [2.24, 2.45) is 5.73 Å². The molecule has 106 valence electrons. The molecule has 1 amide bonds. The largest absolute Gasteiger partial charge is 0.341 e. The highest BCUT2D eigenvalue weighted by Gasteiger charge is 2.14. The lowest BCUT2D eigenvalue weighted by Crippen LogP contribution is -2.31. The van der Waals surface area contributed by atoms with E-state index in [0.29, 0.717) is 13.0 Å². The lowest BCUT2D eigenvalue weighted by Gasteiger charge is -2.21. The monoisotopic (exact) mass is 262 g/mol. The van der Waals surface area contributed by atoms with Gasteiger partial charge in [-0.2, -0.15) is 0 Å². The van der Waals surface area contributed by atoms with Crippen LogP contribution >= 0.6 is 0 Å². The van der Waals surface area contributed by atoms with E-state index in [1.54, 1.807) is 4.90 Å². The third-order valence-electron chi connectivity index (χ3n) is 3.16. The predicted molar refractivity (Wildman–Crippen MR) is 79.9 cm³/mol. The summed E-state index contributed by atoms with van der Waals surface area (Å²) in [6.45, 7) is 9.07. The fourth-order valence-corrected chi connectivity index (χ4v) is 1.90. The smallest absolute Gasteiger partial charge is 0.224 e. The van der Waals surface area contributed by atoms with Gasteiger partial charge in [0.15, 0.2) is 0 Å². The molecule has 1 aromatic rings. The van der Waals surface area contributed by atoms with Crippen LogP contribution in [0.25, 0.3) is 0 Å². The Morgan fingerprint density at radius 2 is 1.79 bits per heavy atom. The van der Waals surface area contributed by atoms with Crippen LogP contribution in [-0.2, 0) is 16.8 Å².